The molecule has 2 aromatic rings. The van der Waals surface area contributed by atoms with Crippen LogP contribution in [0.5, 0.6) is 0 Å². The molecule has 1 atom stereocenters. The molecule has 0 amide bonds. The molecular formula is C20H28N2. The van der Waals surface area contributed by atoms with Crippen molar-refractivity contribution in [3.63, 3.8) is 0 Å². The Morgan fingerprint density at radius 3 is 2.18 bits per heavy atom. The molecule has 0 saturated heterocycles. The normalized spacial score (nSPS) is 12.1. The van der Waals surface area contributed by atoms with E-state index < -0.39 is 0 Å². The van der Waals surface area contributed by atoms with Crippen LogP contribution in [0.1, 0.15) is 38.3 Å². The molecule has 0 bridgehead atoms. The monoisotopic (exact) mass is 296 g/mol. The van der Waals surface area contributed by atoms with E-state index in [1.165, 1.54) is 23.2 Å². The highest BCUT2D eigenvalue weighted by Gasteiger charge is 2.12. The van der Waals surface area contributed by atoms with Gasteiger partial charge in [-0.1, -0.05) is 55.8 Å². The molecule has 0 aliphatic carbocycles. The van der Waals surface area contributed by atoms with Crippen molar-refractivity contribution < 1.29 is 0 Å². The minimum Gasteiger partial charge on any atom is -0.357 e. The summed E-state index contributed by atoms with van der Waals surface area (Å²) in [5.41, 5.74) is 4.15. The Balaban J connectivity index is 2.01. The first kappa shape index (κ1) is 16.6. The van der Waals surface area contributed by atoms with E-state index in [2.05, 4.69) is 85.6 Å². The summed E-state index contributed by atoms with van der Waals surface area (Å²) in [7, 11) is 0. The van der Waals surface area contributed by atoms with Crippen LogP contribution >= 0.6 is 0 Å². The highest BCUT2D eigenvalue weighted by Crippen LogP contribution is 2.16. The van der Waals surface area contributed by atoms with Crippen LogP contribution in [0.2, 0.25) is 0 Å². The second-order valence-electron chi connectivity index (χ2n) is 5.70. The molecule has 0 saturated carbocycles. The van der Waals surface area contributed by atoms with Gasteiger partial charge in [0.25, 0.3) is 0 Å². The average molecular weight is 296 g/mol. The lowest BCUT2D eigenvalue weighted by Gasteiger charge is -2.31. The summed E-state index contributed by atoms with van der Waals surface area (Å²) in [4.78, 5) is 2.39. The molecule has 1 unspecified atom stereocenters. The van der Waals surface area contributed by atoms with Crippen LogP contribution in [0.25, 0.3) is 0 Å². The maximum Gasteiger partial charge on any atom is 0.0769 e. The van der Waals surface area contributed by atoms with E-state index in [1.54, 1.807) is 0 Å². The molecule has 2 rings (SSSR count). The van der Waals surface area contributed by atoms with Crippen LogP contribution in [0.15, 0.2) is 54.6 Å². The number of hydrogen-bond acceptors (Lipinski definition) is 2. The molecule has 0 heterocycles. The van der Waals surface area contributed by atoms with Gasteiger partial charge in [-0.15, -0.1) is 0 Å². The van der Waals surface area contributed by atoms with Crippen LogP contribution in [0.4, 0.5) is 5.69 Å². The van der Waals surface area contributed by atoms with E-state index in [1.807, 2.05) is 0 Å². The topological polar surface area (TPSA) is 15.3 Å². The number of benzene rings is 2. The summed E-state index contributed by atoms with van der Waals surface area (Å²) in [6.45, 7) is 8.59. The van der Waals surface area contributed by atoms with E-state index in [4.69, 9.17) is 0 Å². The molecular weight excluding hydrogens is 268 g/mol. The van der Waals surface area contributed by atoms with Gasteiger partial charge in [-0.3, -0.25) is 5.32 Å². The molecule has 2 aromatic carbocycles. The van der Waals surface area contributed by atoms with Crippen LogP contribution in [0, 0.1) is 0 Å². The minimum atomic E-state index is 0.307. The lowest BCUT2D eigenvalue weighted by Crippen LogP contribution is -2.43. The number of aryl methyl sites for hydroxylation is 1. The standard InChI is InChI=1S/C20H28N2/c1-4-11-18-12-9-10-13-19(18)16-21-17(3)22(5-2)20-14-7-6-8-15-20/h6-10,12-15,17,21H,4-5,11,16H2,1-3H3. The predicted molar refractivity (Wildman–Crippen MR) is 96.2 cm³/mol. The number of nitrogens with zero attached hydrogens (tertiary/aromatic N) is 1. The fourth-order valence-electron chi connectivity index (χ4n) is 2.91. The predicted octanol–water partition coefficient (Wildman–Crippen LogP) is 4.60. The van der Waals surface area contributed by atoms with Gasteiger partial charge in [0.05, 0.1) is 6.17 Å². The largest absolute Gasteiger partial charge is 0.357 e. The Kier molecular flexibility index (Phi) is 6.47. The number of hydrogen-bond donors (Lipinski definition) is 1. The summed E-state index contributed by atoms with van der Waals surface area (Å²) < 4.78 is 0. The van der Waals surface area contributed by atoms with E-state index in [-0.39, 0.29) is 0 Å². The van der Waals surface area contributed by atoms with Gasteiger partial charge >= 0.3 is 0 Å². The van der Waals surface area contributed by atoms with Crippen molar-refractivity contribution in [2.45, 2.75) is 46.3 Å². The highest BCUT2D eigenvalue weighted by atomic mass is 15.3. The highest BCUT2D eigenvalue weighted by molar-refractivity contribution is 5.46. The third kappa shape index (κ3) is 4.35. The van der Waals surface area contributed by atoms with Crippen LogP contribution in [0.3, 0.4) is 0 Å². The summed E-state index contributed by atoms with van der Waals surface area (Å²) >= 11 is 0. The van der Waals surface area contributed by atoms with Crippen molar-refractivity contribution in [1.82, 2.24) is 5.32 Å². The summed E-state index contributed by atoms with van der Waals surface area (Å²) in [6.07, 6.45) is 2.65. The van der Waals surface area contributed by atoms with Crippen molar-refractivity contribution in [1.29, 1.82) is 0 Å². The molecule has 118 valence electrons. The SMILES string of the molecule is CCCc1ccccc1CNC(C)N(CC)c1ccccc1. The maximum absolute atomic E-state index is 3.67. The van der Waals surface area contributed by atoms with Crippen molar-refractivity contribution in [2.75, 3.05) is 11.4 Å². The van der Waals surface area contributed by atoms with Crippen molar-refractivity contribution in [3.05, 3.63) is 65.7 Å². The van der Waals surface area contributed by atoms with Crippen molar-refractivity contribution in [3.8, 4) is 0 Å². The van der Waals surface area contributed by atoms with Crippen LogP contribution in [-0.2, 0) is 13.0 Å². The van der Waals surface area contributed by atoms with Gasteiger partial charge in [0.2, 0.25) is 0 Å². The van der Waals surface area contributed by atoms with Crippen molar-refractivity contribution in [2.24, 2.45) is 0 Å². The van der Waals surface area contributed by atoms with Gasteiger partial charge in [-0.05, 0) is 43.5 Å². The van der Waals surface area contributed by atoms with Crippen molar-refractivity contribution >= 4 is 5.69 Å². The Bertz CT molecular complexity index is 551. The number of rotatable bonds is 8. The summed E-state index contributed by atoms with van der Waals surface area (Å²) in [6, 6.07) is 19.4. The lowest BCUT2D eigenvalue weighted by atomic mass is 10.0. The number of para-hydroxylation sites is 1. The second kappa shape index (κ2) is 8.60. The third-order valence-corrected chi connectivity index (χ3v) is 4.12. The molecule has 0 radical (unpaired) electrons. The molecule has 0 aliphatic heterocycles. The zero-order valence-corrected chi connectivity index (χ0v) is 14.0. The van der Waals surface area contributed by atoms with E-state index in [0.717, 1.165) is 19.5 Å². The Labute approximate surface area is 135 Å². The van der Waals surface area contributed by atoms with Gasteiger partial charge in [0.15, 0.2) is 0 Å². The van der Waals surface area contributed by atoms with Crippen LogP contribution in [-0.4, -0.2) is 12.7 Å². The molecule has 0 fully saturated rings. The van der Waals surface area contributed by atoms with Gasteiger partial charge in [0, 0.05) is 18.8 Å². The first-order valence-electron chi connectivity index (χ1n) is 8.38. The molecule has 0 spiro atoms. The molecule has 0 aliphatic rings. The van der Waals surface area contributed by atoms with Crippen LogP contribution < -0.4 is 10.2 Å². The Hall–Kier alpha value is -1.80. The van der Waals surface area contributed by atoms with Gasteiger partial charge in [-0.2, -0.15) is 0 Å². The summed E-state index contributed by atoms with van der Waals surface area (Å²) in [5, 5.41) is 3.67. The summed E-state index contributed by atoms with van der Waals surface area (Å²) in [5.74, 6) is 0. The molecule has 1 N–H and O–H groups in total. The zero-order valence-electron chi connectivity index (χ0n) is 14.0. The molecule has 0 aromatic heterocycles. The number of nitrogens with one attached hydrogen (secondary N) is 1. The van der Waals surface area contributed by atoms with Gasteiger partial charge in [0.1, 0.15) is 0 Å². The maximum atomic E-state index is 3.67. The molecule has 2 nitrogen and oxygen atoms in total. The molecule has 22 heavy (non-hydrogen) atoms. The van der Waals surface area contributed by atoms with E-state index in [0.29, 0.717) is 6.17 Å². The minimum absolute atomic E-state index is 0.307. The quantitative estimate of drug-likeness (QED) is 0.716. The molecule has 2 heteroatoms. The lowest BCUT2D eigenvalue weighted by molar-refractivity contribution is 0.520. The first-order chi connectivity index (χ1) is 10.8. The van der Waals surface area contributed by atoms with Gasteiger partial charge in [-0.25, -0.2) is 0 Å². The van der Waals surface area contributed by atoms with Gasteiger partial charge < -0.3 is 4.90 Å². The third-order valence-electron chi connectivity index (χ3n) is 4.12. The Morgan fingerprint density at radius 2 is 1.55 bits per heavy atom. The smallest absolute Gasteiger partial charge is 0.0769 e. The fourth-order valence-corrected chi connectivity index (χ4v) is 2.91. The second-order valence-corrected chi connectivity index (χ2v) is 5.70. The Morgan fingerprint density at radius 1 is 0.909 bits per heavy atom. The van der Waals surface area contributed by atoms with E-state index in [9.17, 15) is 0 Å². The average Bonchev–Trinajstić information content (AvgIpc) is 2.56. The zero-order chi connectivity index (χ0) is 15.8. The van der Waals surface area contributed by atoms with E-state index >= 15 is 0 Å². The first-order valence-corrected chi connectivity index (χ1v) is 8.38. The number of anilines is 1. The fraction of sp³-hybridized carbons (Fsp3) is 0.400.